The quantitative estimate of drug-likeness (QED) is 0.480. The van der Waals surface area contributed by atoms with Crippen molar-refractivity contribution in [2.45, 2.75) is 44.7 Å². The molecule has 28 heavy (non-hydrogen) atoms. The molecule has 0 saturated heterocycles. The Morgan fingerprint density at radius 1 is 1.14 bits per heavy atom. The lowest BCUT2D eigenvalue weighted by Crippen LogP contribution is -2.17. The third-order valence-corrected chi connectivity index (χ3v) is 5.79. The van der Waals surface area contributed by atoms with Crippen molar-refractivity contribution < 1.29 is 4.79 Å². The van der Waals surface area contributed by atoms with Gasteiger partial charge in [0.2, 0.25) is 5.91 Å². The summed E-state index contributed by atoms with van der Waals surface area (Å²) >= 11 is 13.5. The Labute approximate surface area is 178 Å². The largest absolute Gasteiger partial charge is 0.325 e. The van der Waals surface area contributed by atoms with E-state index in [1.54, 1.807) is 16.7 Å². The Morgan fingerprint density at radius 2 is 1.79 bits per heavy atom. The first-order chi connectivity index (χ1) is 13.3. The minimum absolute atomic E-state index is 0.0927. The van der Waals surface area contributed by atoms with Gasteiger partial charge >= 0.3 is 0 Å². The standard InChI is InChI=1S/C20H22Cl2N4OS/c1-11(2)14-6-5-7-15(12(3)4)18(14)23-17(27)10-28-20-25-24-19-16(22)8-13(21)9-26(19)20/h5-9,11-12H,10H2,1-4H3,(H,23,27). The van der Waals surface area contributed by atoms with Crippen molar-refractivity contribution in [2.24, 2.45) is 0 Å². The van der Waals surface area contributed by atoms with E-state index in [1.165, 1.54) is 11.8 Å². The first-order valence-corrected chi connectivity index (χ1v) is 10.8. The van der Waals surface area contributed by atoms with Crippen molar-refractivity contribution in [1.29, 1.82) is 0 Å². The zero-order valence-electron chi connectivity index (χ0n) is 16.2. The van der Waals surface area contributed by atoms with Crippen LogP contribution in [0.1, 0.15) is 50.7 Å². The number of fused-ring (bicyclic) bond motifs is 1. The van der Waals surface area contributed by atoms with E-state index in [-0.39, 0.29) is 11.7 Å². The number of anilines is 1. The van der Waals surface area contributed by atoms with Crippen LogP contribution < -0.4 is 5.32 Å². The van der Waals surface area contributed by atoms with E-state index in [2.05, 4.69) is 55.3 Å². The molecule has 3 rings (SSSR count). The summed E-state index contributed by atoms with van der Waals surface area (Å²) < 4.78 is 1.70. The number of nitrogens with zero attached hydrogens (tertiary/aromatic N) is 3. The molecule has 3 aromatic rings. The van der Waals surface area contributed by atoms with E-state index in [0.717, 1.165) is 16.8 Å². The molecule has 0 spiro atoms. The molecule has 1 amide bonds. The fraction of sp³-hybridized carbons (Fsp3) is 0.350. The number of hydrogen-bond acceptors (Lipinski definition) is 4. The summed E-state index contributed by atoms with van der Waals surface area (Å²) in [6, 6.07) is 7.79. The Morgan fingerprint density at radius 3 is 2.39 bits per heavy atom. The number of benzene rings is 1. The average Bonchev–Trinajstić information content (AvgIpc) is 3.02. The predicted octanol–water partition coefficient (Wildman–Crippen LogP) is 6.01. The highest BCUT2D eigenvalue weighted by Crippen LogP contribution is 2.33. The van der Waals surface area contributed by atoms with Gasteiger partial charge in [-0.3, -0.25) is 9.20 Å². The molecule has 0 atom stereocenters. The molecule has 0 aliphatic rings. The molecule has 2 heterocycles. The van der Waals surface area contributed by atoms with Crippen LogP contribution in [-0.2, 0) is 4.79 Å². The number of nitrogens with one attached hydrogen (secondary N) is 1. The van der Waals surface area contributed by atoms with Gasteiger partial charge in [0.25, 0.3) is 0 Å². The summed E-state index contributed by atoms with van der Waals surface area (Å²) in [4.78, 5) is 12.7. The lowest BCUT2D eigenvalue weighted by Gasteiger charge is -2.20. The minimum Gasteiger partial charge on any atom is -0.325 e. The van der Waals surface area contributed by atoms with E-state index in [9.17, 15) is 4.79 Å². The van der Waals surface area contributed by atoms with Gasteiger partial charge in [-0.05, 0) is 29.0 Å². The molecule has 0 radical (unpaired) electrons. The zero-order valence-corrected chi connectivity index (χ0v) is 18.5. The molecule has 148 valence electrons. The SMILES string of the molecule is CC(C)c1cccc(C(C)C)c1NC(=O)CSc1nnc2c(Cl)cc(Cl)cn12. The van der Waals surface area contributed by atoms with Crippen LogP contribution in [0.3, 0.4) is 0 Å². The molecule has 2 aromatic heterocycles. The second-order valence-corrected chi connectivity index (χ2v) is 8.93. The maximum atomic E-state index is 12.7. The van der Waals surface area contributed by atoms with Crippen molar-refractivity contribution >= 4 is 52.2 Å². The summed E-state index contributed by atoms with van der Waals surface area (Å²) in [5.41, 5.74) is 3.70. The second-order valence-electron chi connectivity index (χ2n) is 7.14. The average molecular weight is 437 g/mol. The molecule has 1 aromatic carbocycles. The summed E-state index contributed by atoms with van der Waals surface area (Å²) in [6.07, 6.45) is 1.69. The van der Waals surface area contributed by atoms with Gasteiger partial charge in [0.15, 0.2) is 10.8 Å². The molecular weight excluding hydrogens is 415 g/mol. The number of carbonyl (C=O) groups excluding carboxylic acids is 1. The number of thioether (sulfide) groups is 1. The van der Waals surface area contributed by atoms with Gasteiger partial charge in [-0.2, -0.15) is 0 Å². The van der Waals surface area contributed by atoms with Crippen LogP contribution in [0.25, 0.3) is 5.65 Å². The third kappa shape index (κ3) is 4.45. The molecule has 0 aliphatic carbocycles. The number of para-hydroxylation sites is 1. The minimum atomic E-state index is -0.0927. The van der Waals surface area contributed by atoms with E-state index < -0.39 is 0 Å². The Bertz CT molecular complexity index is 991. The van der Waals surface area contributed by atoms with Crippen LogP contribution in [0, 0.1) is 0 Å². The van der Waals surface area contributed by atoms with Gasteiger partial charge in [0, 0.05) is 11.9 Å². The topological polar surface area (TPSA) is 59.3 Å². The maximum absolute atomic E-state index is 12.7. The second kappa shape index (κ2) is 8.72. The molecule has 0 saturated carbocycles. The highest BCUT2D eigenvalue weighted by atomic mass is 35.5. The Hall–Kier alpha value is -1.76. The first-order valence-electron chi connectivity index (χ1n) is 9.03. The molecule has 0 fully saturated rings. The lowest BCUT2D eigenvalue weighted by molar-refractivity contribution is -0.113. The van der Waals surface area contributed by atoms with E-state index >= 15 is 0 Å². The molecule has 0 bridgehead atoms. The molecular formula is C20H22Cl2N4OS. The number of hydrogen-bond donors (Lipinski definition) is 1. The summed E-state index contributed by atoms with van der Waals surface area (Å²) in [6.45, 7) is 8.50. The van der Waals surface area contributed by atoms with Crippen LogP contribution in [0.4, 0.5) is 5.69 Å². The highest BCUT2D eigenvalue weighted by molar-refractivity contribution is 7.99. The van der Waals surface area contributed by atoms with Crippen molar-refractivity contribution in [2.75, 3.05) is 11.1 Å². The van der Waals surface area contributed by atoms with Crippen molar-refractivity contribution in [3.05, 3.63) is 51.6 Å². The third-order valence-electron chi connectivity index (χ3n) is 4.36. The van der Waals surface area contributed by atoms with Gasteiger partial charge in [-0.25, -0.2) is 0 Å². The number of aromatic nitrogens is 3. The smallest absolute Gasteiger partial charge is 0.234 e. The Kier molecular flexibility index (Phi) is 6.53. The molecule has 0 aliphatic heterocycles. The zero-order chi connectivity index (χ0) is 20.4. The van der Waals surface area contributed by atoms with Gasteiger partial charge < -0.3 is 5.32 Å². The van der Waals surface area contributed by atoms with Crippen molar-refractivity contribution in [1.82, 2.24) is 14.6 Å². The summed E-state index contributed by atoms with van der Waals surface area (Å²) in [5.74, 6) is 0.733. The van der Waals surface area contributed by atoms with Crippen LogP contribution in [0.5, 0.6) is 0 Å². The fourth-order valence-electron chi connectivity index (χ4n) is 3.00. The van der Waals surface area contributed by atoms with Crippen molar-refractivity contribution in [3.8, 4) is 0 Å². The van der Waals surface area contributed by atoms with E-state index in [1.807, 2.05) is 6.07 Å². The Balaban J connectivity index is 1.79. The number of pyridine rings is 1. The molecule has 0 unspecified atom stereocenters. The van der Waals surface area contributed by atoms with Gasteiger partial charge in [-0.1, -0.05) is 80.9 Å². The van der Waals surface area contributed by atoms with E-state index in [4.69, 9.17) is 23.2 Å². The lowest BCUT2D eigenvalue weighted by atomic mass is 9.92. The molecule has 5 nitrogen and oxygen atoms in total. The number of carbonyl (C=O) groups is 1. The monoisotopic (exact) mass is 436 g/mol. The maximum Gasteiger partial charge on any atom is 0.234 e. The van der Waals surface area contributed by atoms with Crippen LogP contribution in [-0.4, -0.2) is 26.3 Å². The van der Waals surface area contributed by atoms with Gasteiger partial charge in [0.05, 0.1) is 15.8 Å². The van der Waals surface area contributed by atoms with Crippen LogP contribution in [0.2, 0.25) is 10.0 Å². The number of halogens is 2. The predicted molar refractivity (Wildman–Crippen MR) is 117 cm³/mol. The van der Waals surface area contributed by atoms with Gasteiger partial charge in [0.1, 0.15) is 0 Å². The number of rotatable bonds is 6. The fourth-order valence-corrected chi connectivity index (χ4v) is 4.22. The normalized spacial score (nSPS) is 11.6. The number of amides is 1. The highest BCUT2D eigenvalue weighted by Gasteiger charge is 2.17. The summed E-state index contributed by atoms with van der Waals surface area (Å²) in [5, 5.41) is 12.8. The summed E-state index contributed by atoms with van der Waals surface area (Å²) in [7, 11) is 0. The van der Waals surface area contributed by atoms with Gasteiger partial charge in [-0.15, -0.1) is 10.2 Å². The molecule has 1 N–H and O–H groups in total. The van der Waals surface area contributed by atoms with Crippen molar-refractivity contribution in [3.63, 3.8) is 0 Å². The van der Waals surface area contributed by atoms with Crippen LogP contribution >= 0.6 is 35.0 Å². The van der Waals surface area contributed by atoms with E-state index in [0.29, 0.717) is 32.7 Å². The molecule has 8 heteroatoms. The first kappa shape index (κ1) is 21.0. The van der Waals surface area contributed by atoms with Crippen LogP contribution in [0.15, 0.2) is 35.6 Å².